The molecule has 6 heteroatoms. The highest BCUT2D eigenvalue weighted by molar-refractivity contribution is 6.39. The molecule has 3 nitrogen and oxygen atoms in total. The molecule has 1 aromatic carbocycles. The van der Waals surface area contributed by atoms with Gasteiger partial charge in [0.15, 0.2) is 0 Å². The summed E-state index contributed by atoms with van der Waals surface area (Å²) in [6.07, 6.45) is 3.88. The molecule has 110 valence electrons. The van der Waals surface area contributed by atoms with Crippen molar-refractivity contribution in [3.63, 3.8) is 0 Å². The molecule has 1 aliphatic carbocycles. The van der Waals surface area contributed by atoms with Gasteiger partial charge in [0, 0.05) is 5.92 Å². The van der Waals surface area contributed by atoms with Gasteiger partial charge in [-0.1, -0.05) is 36.0 Å². The molecule has 1 amide bonds. The zero-order chi connectivity index (χ0) is 14.7. The van der Waals surface area contributed by atoms with Gasteiger partial charge in [0.25, 0.3) is 0 Å². The average Bonchev–Trinajstić information content (AvgIpc) is 2.42. The number of carbonyl (C=O) groups excluding carboxylic acids is 1. The number of hydrogen-bond acceptors (Lipinski definition) is 2. The van der Waals surface area contributed by atoms with Gasteiger partial charge in [0.05, 0.1) is 15.7 Å². The molecule has 0 saturated heterocycles. The van der Waals surface area contributed by atoms with Crippen LogP contribution >= 0.6 is 23.2 Å². The molecule has 0 aliphatic heterocycles. The van der Waals surface area contributed by atoms with Crippen LogP contribution in [0.2, 0.25) is 10.0 Å². The molecule has 3 N–H and O–H groups in total. The third-order valence-electron chi connectivity index (χ3n) is 3.80. The first-order valence-electron chi connectivity index (χ1n) is 6.68. The van der Waals surface area contributed by atoms with E-state index >= 15 is 0 Å². The zero-order valence-corrected chi connectivity index (χ0v) is 12.5. The molecule has 2 rings (SSSR count). The minimum atomic E-state index is -0.532. The van der Waals surface area contributed by atoms with Gasteiger partial charge in [0.2, 0.25) is 5.91 Å². The number of hydrogen-bond donors (Lipinski definition) is 2. The van der Waals surface area contributed by atoms with E-state index in [1.807, 2.05) is 0 Å². The van der Waals surface area contributed by atoms with E-state index < -0.39 is 5.82 Å². The van der Waals surface area contributed by atoms with Crippen LogP contribution in [0.15, 0.2) is 12.1 Å². The highest BCUT2D eigenvalue weighted by atomic mass is 35.5. The van der Waals surface area contributed by atoms with Crippen LogP contribution in [0.25, 0.3) is 0 Å². The molecular formula is C14H17Cl2FN2O. The van der Waals surface area contributed by atoms with E-state index in [9.17, 15) is 9.18 Å². The van der Waals surface area contributed by atoms with Gasteiger partial charge in [0.1, 0.15) is 5.82 Å². The van der Waals surface area contributed by atoms with Gasteiger partial charge in [-0.15, -0.1) is 0 Å². The predicted octanol–water partition coefficient (Wildman–Crippen LogP) is 3.84. The summed E-state index contributed by atoms with van der Waals surface area (Å²) in [7, 11) is 0. The van der Waals surface area contributed by atoms with Crippen LogP contribution in [0.5, 0.6) is 0 Å². The first-order chi connectivity index (χ1) is 9.52. The summed E-state index contributed by atoms with van der Waals surface area (Å²) in [4.78, 5) is 12.3. The third-order valence-corrected chi connectivity index (χ3v) is 4.40. The fourth-order valence-electron chi connectivity index (χ4n) is 2.71. The van der Waals surface area contributed by atoms with Crippen LogP contribution in [-0.2, 0) is 4.79 Å². The van der Waals surface area contributed by atoms with Crippen molar-refractivity contribution in [1.29, 1.82) is 0 Å². The summed E-state index contributed by atoms with van der Waals surface area (Å²) >= 11 is 11.8. The molecule has 0 aromatic heterocycles. The van der Waals surface area contributed by atoms with Crippen molar-refractivity contribution in [1.82, 2.24) is 0 Å². The molecule has 20 heavy (non-hydrogen) atoms. The second-order valence-corrected chi connectivity index (χ2v) is 5.93. The van der Waals surface area contributed by atoms with Crippen LogP contribution in [-0.4, -0.2) is 12.5 Å². The number of halogens is 3. The normalized spacial score (nSPS) is 22.6. The quantitative estimate of drug-likeness (QED) is 0.889. The average molecular weight is 319 g/mol. The van der Waals surface area contributed by atoms with Gasteiger partial charge in [-0.3, -0.25) is 4.79 Å². The number of anilines is 1. The summed E-state index contributed by atoms with van der Waals surface area (Å²) in [6.45, 7) is 0.489. The van der Waals surface area contributed by atoms with E-state index in [0.717, 1.165) is 37.8 Å². The van der Waals surface area contributed by atoms with Gasteiger partial charge in [-0.2, -0.15) is 0 Å². The Bertz CT molecular complexity index is 487. The van der Waals surface area contributed by atoms with E-state index in [4.69, 9.17) is 28.9 Å². The Labute approximate surface area is 127 Å². The van der Waals surface area contributed by atoms with Crippen LogP contribution in [0.3, 0.4) is 0 Å². The highest BCUT2D eigenvalue weighted by Gasteiger charge is 2.30. The number of nitrogens with one attached hydrogen (secondary N) is 1. The SMILES string of the molecule is NCC1CCCCC1C(=O)Nc1c(Cl)cc(F)cc1Cl. The van der Waals surface area contributed by atoms with Crippen molar-refractivity contribution in [3.8, 4) is 0 Å². The van der Waals surface area contributed by atoms with Gasteiger partial charge < -0.3 is 11.1 Å². The van der Waals surface area contributed by atoms with Crippen molar-refractivity contribution in [2.45, 2.75) is 25.7 Å². The third kappa shape index (κ3) is 3.43. The Morgan fingerprint density at radius 3 is 2.50 bits per heavy atom. The standard InChI is InChI=1S/C14H17Cl2FN2O/c15-11-5-9(17)6-12(16)13(11)19-14(20)10-4-2-1-3-8(10)7-18/h5-6,8,10H,1-4,7,18H2,(H,19,20). The number of nitrogens with two attached hydrogens (primary N) is 1. The monoisotopic (exact) mass is 318 g/mol. The van der Waals surface area contributed by atoms with E-state index in [0.29, 0.717) is 6.54 Å². The zero-order valence-electron chi connectivity index (χ0n) is 11.0. The Kier molecular flexibility index (Phi) is 5.24. The smallest absolute Gasteiger partial charge is 0.227 e. The fourth-order valence-corrected chi connectivity index (χ4v) is 3.27. The molecule has 2 atom stereocenters. The summed E-state index contributed by atoms with van der Waals surface area (Å²) < 4.78 is 13.1. The molecule has 1 aliphatic rings. The minimum absolute atomic E-state index is 0.100. The lowest BCUT2D eigenvalue weighted by Gasteiger charge is -2.29. The maximum absolute atomic E-state index is 13.1. The van der Waals surface area contributed by atoms with Crippen LogP contribution in [0.1, 0.15) is 25.7 Å². The Balaban J connectivity index is 2.15. The van der Waals surface area contributed by atoms with Crippen molar-refractivity contribution >= 4 is 34.8 Å². The summed E-state index contributed by atoms with van der Waals surface area (Å²) in [5.41, 5.74) is 5.99. The fraction of sp³-hybridized carbons (Fsp3) is 0.500. The second kappa shape index (κ2) is 6.74. The van der Waals surface area contributed by atoms with E-state index in [1.54, 1.807) is 0 Å². The number of amides is 1. The lowest BCUT2D eigenvalue weighted by molar-refractivity contribution is -0.122. The number of rotatable bonds is 3. The van der Waals surface area contributed by atoms with Gasteiger partial charge in [-0.25, -0.2) is 4.39 Å². The first kappa shape index (κ1) is 15.5. The van der Waals surface area contributed by atoms with Gasteiger partial charge >= 0.3 is 0 Å². The summed E-state index contributed by atoms with van der Waals surface area (Å²) in [5, 5.41) is 2.92. The molecule has 0 bridgehead atoms. The van der Waals surface area contributed by atoms with Crippen LogP contribution < -0.4 is 11.1 Å². The minimum Gasteiger partial charge on any atom is -0.330 e. The maximum atomic E-state index is 13.1. The second-order valence-electron chi connectivity index (χ2n) is 5.12. The topological polar surface area (TPSA) is 55.1 Å². The Hall–Kier alpha value is -0.840. The molecule has 0 spiro atoms. The van der Waals surface area contributed by atoms with Crippen LogP contribution in [0.4, 0.5) is 10.1 Å². The van der Waals surface area contributed by atoms with Crippen molar-refractivity contribution in [3.05, 3.63) is 28.0 Å². The lowest BCUT2D eigenvalue weighted by Crippen LogP contribution is -2.35. The van der Waals surface area contributed by atoms with E-state index in [2.05, 4.69) is 5.32 Å². The molecule has 1 saturated carbocycles. The first-order valence-corrected chi connectivity index (χ1v) is 7.44. The summed E-state index contributed by atoms with van der Waals surface area (Å²) in [5.74, 6) is -0.626. The molecule has 1 fully saturated rings. The molecule has 0 radical (unpaired) electrons. The van der Waals surface area contributed by atoms with Crippen molar-refractivity contribution < 1.29 is 9.18 Å². The highest BCUT2D eigenvalue weighted by Crippen LogP contribution is 2.34. The summed E-state index contributed by atoms with van der Waals surface area (Å²) in [6, 6.07) is 2.26. The predicted molar refractivity (Wildman–Crippen MR) is 79.6 cm³/mol. The number of benzene rings is 1. The molecule has 0 heterocycles. The molecule has 2 unspecified atom stereocenters. The van der Waals surface area contributed by atoms with Crippen molar-refractivity contribution in [2.24, 2.45) is 17.6 Å². The van der Waals surface area contributed by atoms with Crippen molar-refractivity contribution in [2.75, 3.05) is 11.9 Å². The maximum Gasteiger partial charge on any atom is 0.227 e. The van der Waals surface area contributed by atoms with E-state index in [-0.39, 0.29) is 33.5 Å². The van der Waals surface area contributed by atoms with E-state index in [1.165, 1.54) is 0 Å². The number of carbonyl (C=O) groups is 1. The lowest BCUT2D eigenvalue weighted by atomic mass is 9.78. The Morgan fingerprint density at radius 2 is 1.90 bits per heavy atom. The molecular weight excluding hydrogens is 302 g/mol. The molecule has 1 aromatic rings. The van der Waals surface area contributed by atoms with Crippen LogP contribution in [0, 0.1) is 17.7 Å². The Morgan fingerprint density at radius 1 is 1.30 bits per heavy atom. The van der Waals surface area contributed by atoms with Gasteiger partial charge in [-0.05, 0) is 37.4 Å². The largest absolute Gasteiger partial charge is 0.330 e.